The number of aromatic nitrogens is 2. The second kappa shape index (κ2) is 4.65. The molecule has 0 unspecified atom stereocenters. The molecule has 0 aliphatic carbocycles. The molecular formula is C11H18N4O. The van der Waals surface area contributed by atoms with E-state index in [0.29, 0.717) is 6.04 Å². The number of nitrogens with one attached hydrogen (secondary N) is 2. The van der Waals surface area contributed by atoms with Gasteiger partial charge in [-0.3, -0.25) is 4.79 Å². The summed E-state index contributed by atoms with van der Waals surface area (Å²) in [6, 6.07) is 2.02. The molecule has 0 bridgehead atoms. The number of nitrogens with zero attached hydrogens (tertiary/aromatic N) is 2. The topological polar surface area (TPSA) is 61.0 Å². The number of hydrogen-bond acceptors (Lipinski definition) is 4. The fraction of sp³-hybridized carbons (Fsp3) is 0.636. The maximum absolute atomic E-state index is 11.5. The molecular weight excluding hydrogens is 204 g/mol. The highest BCUT2D eigenvalue weighted by Gasteiger charge is 2.17. The molecule has 5 nitrogen and oxygen atoms in total. The zero-order valence-electron chi connectivity index (χ0n) is 9.79. The Balaban J connectivity index is 2.25. The summed E-state index contributed by atoms with van der Waals surface area (Å²) in [6.07, 6.45) is 0.755. The third kappa shape index (κ3) is 2.41. The van der Waals surface area contributed by atoms with Gasteiger partial charge in [-0.15, -0.1) is 0 Å². The Morgan fingerprint density at radius 1 is 1.62 bits per heavy atom. The van der Waals surface area contributed by atoms with Gasteiger partial charge in [-0.05, 0) is 6.92 Å². The van der Waals surface area contributed by atoms with Gasteiger partial charge in [0.1, 0.15) is 11.6 Å². The first-order valence-electron chi connectivity index (χ1n) is 5.77. The van der Waals surface area contributed by atoms with Crippen LogP contribution in [0.2, 0.25) is 0 Å². The Morgan fingerprint density at radius 3 is 3.12 bits per heavy atom. The van der Waals surface area contributed by atoms with Gasteiger partial charge in [0.15, 0.2) is 0 Å². The molecule has 2 N–H and O–H groups in total. The van der Waals surface area contributed by atoms with Gasteiger partial charge in [-0.25, -0.2) is 4.98 Å². The number of hydrogen-bond donors (Lipinski definition) is 2. The molecule has 16 heavy (non-hydrogen) atoms. The minimum absolute atomic E-state index is 0.0620. The number of rotatable bonds is 2. The molecule has 0 spiro atoms. The molecule has 1 atom stereocenters. The van der Waals surface area contributed by atoms with Crippen LogP contribution in [0.3, 0.4) is 0 Å². The van der Waals surface area contributed by atoms with Gasteiger partial charge < -0.3 is 15.2 Å². The number of aryl methyl sites for hydroxylation is 1. The van der Waals surface area contributed by atoms with E-state index in [1.165, 1.54) is 0 Å². The highest BCUT2D eigenvalue weighted by molar-refractivity contribution is 5.38. The average molecular weight is 222 g/mol. The van der Waals surface area contributed by atoms with Gasteiger partial charge >= 0.3 is 0 Å². The third-order valence-electron chi connectivity index (χ3n) is 2.80. The molecule has 0 amide bonds. The smallest absolute Gasteiger partial charge is 0.252 e. The van der Waals surface area contributed by atoms with E-state index in [0.717, 1.165) is 37.7 Å². The van der Waals surface area contributed by atoms with E-state index in [-0.39, 0.29) is 5.56 Å². The molecule has 1 aliphatic heterocycles. The fourth-order valence-corrected chi connectivity index (χ4v) is 1.96. The van der Waals surface area contributed by atoms with Crippen LogP contribution in [0.25, 0.3) is 0 Å². The van der Waals surface area contributed by atoms with E-state index < -0.39 is 0 Å². The number of anilines is 1. The second-order valence-electron chi connectivity index (χ2n) is 4.21. The van der Waals surface area contributed by atoms with E-state index in [4.69, 9.17) is 0 Å². The van der Waals surface area contributed by atoms with Crippen LogP contribution in [0.5, 0.6) is 0 Å². The first kappa shape index (κ1) is 11.1. The zero-order valence-corrected chi connectivity index (χ0v) is 9.79. The average Bonchev–Trinajstić information content (AvgIpc) is 2.28. The minimum Gasteiger partial charge on any atom is -0.354 e. The van der Waals surface area contributed by atoms with Crippen LogP contribution >= 0.6 is 0 Å². The van der Waals surface area contributed by atoms with Crippen LogP contribution in [0, 0.1) is 0 Å². The molecule has 88 valence electrons. The van der Waals surface area contributed by atoms with E-state index in [1.807, 2.05) is 6.92 Å². The number of aromatic amines is 1. The molecule has 0 aromatic carbocycles. The van der Waals surface area contributed by atoms with Crippen LogP contribution < -0.4 is 15.8 Å². The van der Waals surface area contributed by atoms with Crippen LogP contribution in [0.15, 0.2) is 10.9 Å². The van der Waals surface area contributed by atoms with Crippen LogP contribution in [-0.4, -0.2) is 35.6 Å². The van der Waals surface area contributed by atoms with Gasteiger partial charge in [0.05, 0.1) is 0 Å². The summed E-state index contributed by atoms with van der Waals surface area (Å²) in [7, 11) is 0. The lowest BCUT2D eigenvalue weighted by atomic mass is 10.2. The van der Waals surface area contributed by atoms with E-state index in [2.05, 4.69) is 27.1 Å². The van der Waals surface area contributed by atoms with Crippen LogP contribution in [0.1, 0.15) is 19.7 Å². The molecule has 5 heteroatoms. The lowest BCUT2D eigenvalue weighted by Crippen LogP contribution is -2.49. The molecule has 1 saturated heterocycles. The normalized spacial score (nSPS) is 21.1. The molecule has 1 fully saturated rings. The molecule has 1 aliphatic rings. The van der Waals surface area contributed by atoms with Crippen molar-refractivity contribution in [2.24, 2.45) is 0 Å². The monoisotopic (exact) mass is 222 g/mol. The standard InChI is InChI=1S/C11H18N4O/c1-3-9-13-10(6-11(16)14-9)15-5-4-12-8(2)7-15/h6,8,12H,3-5,7H2,1-2H3,(H,13,14,16)/t8-/m1/s1. The fourth-order valence-electron chi connectivity index (χ4n) is 1.96. The lowest BCUT2D eigenvalue weighted by Gasteiger charge is -2.32. The summed E-state index contributed by atoms with van der Waals surface area (Å²) in [5.41, 5.74) is -0.0620. The molecule has 1 aromatic heterocycles. The highest BCUT2D eigenvalue weighted by atomic mass is 16.1. The van der Waals surface area contributed by atoms with Crippen molar-refractivity contribution in [3.63, 3.8) is 0 Å². The molecule has 2 rings (SSSR count). The van der Waals surface area contributed by atoms with E-state index >= 15 is 0 Å². The predicted octanol–water partition coefficient (Wildman–Crippen LogP) is 0.130. The van der Waals surface area contributed by atoms with Crippen molar-refractivity contribution in [3.8, 4) is 0 Å². The Hall–Kier alpha value is -1.36. The quantitative estimate of drug-likeness (QED) is 0.746. The first-order valence-corrected chi connectivity index (χ1v) is 5.77. The van der Waals surface area contributed by atoms with Crippen molar-refractivity contribution in [2.45, 2.75) is 26.3 Å². The summed E-state index contributed by atoms with van der Waals surface area (Å²) < 4.78 is 0. The summed E-state index contributed by atoms with van der Waals surface area (Å²) in [5.74, 6) is 1.56. The van der Waals surface area contributed by atoms with Crippen molar-refractivity contribution in [3.05, 3.63) is 22.2 Å². The predicted molar refractivity (Wildman–Crippen MR) is 63.9 cm³/mol. The van der Waals surface area contributed by atoms with Crippen molar-refractivity contribution >= 4 is 5.82 Å². The van der Waals surface area contributed by atoms with Gasteiger partial charge in [0, 0.05) is 38.2 Å². The first-order chi connectivity index (χ1) is 7.69. The molecule has 2 heterocycles. The largest absolute Gasteiger partial charge is 0.354 e. The summed E-state index contributed by atoms with van der Waals surface area (Å²) in [5, 5.41) is 3.37. The second-order valence-corrected chi connectivity index (χ2v) is 4.21. The lowest BCUT2D eigenvalue weighted by molar-refractivity contribution is 0.481. The van der Waals surface area contributed by atoms with E-state index in [1.54, 1.807) is 6.07 Å². The summed E-state index contributed by atoms with van der Waals surface area (Å²) in [4.78, 5) is 20.8. The molecule has 1 aromatic rings. The van der Waals surface area contributed by atoms with E-state index in [9.17, 15) is 4.79 Å². The zero-order chi connectivity index (χ0) is 11.5. The Bertz CT molecular complexity index is 415. The third-order valence-corrected chi connectivity index (χ3v) is 2.80. The van der Waals surface area contributed by atoms with Crippen molar-refractivity contribution in [1.82, 2.24) is 15.3 Å². The maximum Gasteiger partial charge on any atom is 0.252 e. The highest BCUT2D eigenvalue weighted by Crippen LogP contribution is 2.10. The van der Waals surface area contributed by atoms with Gasteiger partial charge in [-0.1, -0.05) is 6.92 Å². The van der Waals surface area contributed by atoms with Gasteiger partial charge in [0.25, 0.3) is 5.56 Å². The van der Waals surface area contributed by atoms with Crippen molar-refractivity contribution in [1.29, 1.82) is 0 Å². The number of piperazine rings is 1. The van der Waals surface area contributed by atoms with Crippen LogP contribution in [-0.2, 0) is 6.42 Å². The van der Waals surface area contributed by atoms with Crippen molar-refractivity contribution < 1.29 is 0 Å². The summed E-state index contributed by atoms with van der Waals surface area (Å²) in [6.45, 7) is 6.88. The Labute approximate surface area is 94.9 Å². The van der Waals surface area contributed by atoms with Crippen LogP contribution in [0.4, 0.5) is 5.82 Å². The van der Waals surface area contributed by atoms with Gasteiger partial charge in [0.2, 0.25) is 0 Å². The minimum atomic E-state index is -0.0620. The maximum atomic E-state index is 11.5. The van der Waals surface area contributed by atoms with Crippen molar-refractivity contribution in [2.75, 3.05) is 24.5 Å². The number of H-pyrrole nitrogens is 1. The SMILES string of the molecule is CCc1nc(N2CCN[C@H](C)C2)cc(=O)[nH]1. The molecule has 0 saturated carbocycles. The Morgan fingerprint density at radius 2 is 2.44 bits per heavy atom. The summed E-state index contributed by atoms with van der Waals surface area (Å²) >= 11 is 0. The van der Waals surface area contributed by atoms with Gasteiger partial charge in [-0.2, -0.15) is 0 Å². The Kier molecular flexibility index (Phi) is 3.24. The molecule has 0 radical (unpaired) electrons.